The molecule has 1 aliphatic heterocycles. The molecule has 5 rings (SSSR count). The normalized spacial score (nSPS) is 32.3. The third-order valence-corrected chi connectivity index (χ3v) is 9.69. The maximum absolute atomic E-state index is 14.2. The molecular formula is C30H40N4O7. The number of hydrogen-bond donors (Lipinski definition) is 3. The van der Waals surface area contributed by atoms with Crippen molar-refractivity contribution in [3.8, 4) is 5.75 Å². The number of nitrogens with zero attached hydrogens (tertiary/aromatic N) is 3. The number of likely N-dealkylation sites (tertiary alicyclic amines) is 1. The Balaban J connectivity index is 1.60. The number of likely N-dealkylation sites (N-methyl/N-ethyl adjacent to an activating group) is 1. The van der Waals surface area contributed by atoms with Gasteiger partial charge in [0.1, 0.15) is 5.75 Å². The smallest absolute Gasteiger partial charge is 0.235 e. The number of phenols is 1. The van der Waals surface area contributed by atoms with Crippen LogP contribution in [-0.2, 0) is 32.1 Å². The molecule has 4 aliphatic rings. The fraction of sp³-hybridized carbons (Fsp3) is 0.633. The number of phenolic OH excluding ortho intramolecular Hbond substituents is 1. The van der Waals surface area contributed by atoms with Gasteiger partial charge in [-0.2, -0.15) is 0 Å². The number of benzene rings is 1. The molecule has 1 aromatic carbocycles. The Bertz CT molecular complexity index is 1320. The average Bonchev–Trinajstić information content (AvgIpc) is 3.16. The van der Waals surface area contributed by atoms with E-state index in [-0.39, 0.29) is 24.2 Å². The molecular weight excluding hydrogens is 528 g/mol. The number of fused-ring (bicyclic) bond motifs is 3. The second kappa shape index (κ2) is 10.6. The van der Waals surface area contributed by atoms with Gasteiger partial charge in [-0.05, 0) is 70.4 Å². The Hall–Kier alpha value is -3.15. The van der Waals surface area contributed by atoms with Gasteiger partial charge in [-0.15, -0.1) is 0 Å². The van der Waals surface area contributed by atoms with Crippen LogP contribution in [0.1, 0.15) is 53.6 Å². The second-order valence-electron chi connectivity index (χ2n) is 12.6. The molecule has 1 heterocycles. The number of carbonyl (C=O) groups is 5. The summed E-state index contributed by atoms with van der Waals surface area (Å²) in [5, 5.41) is 23.3. The average molecular weight is 569 g/mol. The Morgan fingerprint density at radius 3 is 2.24 bits per heavy atom. The lowest BCUT2D eigenvalue weighted by atomic mass is 9.52. The van der Waals surface area contributed by atoms with Gasteiger partial charge < -0.3 is 20.8 Å². The Labute approximate surface area is 239 Å². The van der Waals surface area contributed by atoms with Gasteiger partial charge in [0, 0.05) is 37.8 Å². The summed E-state index contributed by atoms with van der Waals surface area (Å²) in [5.74, 6) is -10.2. The van der Waals surface area contributed by atoms with Crippen LogP contribution in [0.25, 0.3) is 0 Å². The second-order valence-corrected chi connectivity index (χ2v) is 12.6. The van der Waals surface area contributed by atoms with E-state index in [1.165, 1.54) is 4.90 Å². The summed E-state index contributed by atoms with van der Waals surface area (Å²) in [6, 6.07) is 0.788. The third kappa shape index (κ3) is 4.49. The van der Waals surface area contributed by atoms with Gasteiger partial charge >= 0.3 is 0 Å². The third-order valence-electron chi connectivity index (χ3n) is 9.69. The zero-order chi connectivity index (χ0) is 30.0. The first-order chi connectivity index (χ1) is 19.3. The standard InChI is InChI=1S/C30H40N4O7/c1-32(2)19-13-16(14-34-9-7-5-6-8-10-34)24(35)21-17(19)11-15-12-18-23(33(3)4)26(37)22(29(31)40)28(39)30(18,41)27(38)20(15)25(21)36/h13,15,18,20,22-23,35,41H,5-12,14H2,1-4H3,(H2,31,40)/t15-,18-,20?,22?,23-,30-/m0/s1. The van der Waals surface area contributed by atoms with Gasteiger partial charge in [0.25, 0.3) is 0 Å². The van der Waals surface area contributed by atoms with Crippen molar-refractivity contribution in [2.45, 2.75) is 56.7 Å². The van der Waals surface area contributed by atoms with E-state index in [0.29, 0.717) is 17.7 Å². The highest BCUT2D eigenvalue weighted by Gasteiger charge is 2.69. The summed E-state index contributed by atoms with van der Waals surface area (Å²) in [4.78, 5) is 72.8. The molecule has 1 saturated heterocycles. The zero-order valence-electron chi connectivity index (χ0n) is 24.2. The first-order valence-corrected chi connectivity index (χ1v) is 14.4. The van der Waals surface area contributed by atoms with Gasteiger partial charge in [0.15, 0.2) is 34.7 Å². The van der Waals surface area contributed by atoms with E-state index in [1.807, 2.05) is 25.1 Å². The van der Waals surface area contributed by atoms with Crippen LogP contribution < -0.4 is 10.6 Å². The molecule has 0 bridgehead atoms. The fourth-order valence-electron chi connectivity index (χ4n) is 7.76. The lowest BCUT2D eigenvalue weighted by Gasteiger charge is -2.52. The first kappa shape index (κ1) is 29.3. The number of hydrogen-bond acceptors (Lipinski definition) is 10. The minimum atomic E-state index is -2.72. The maximum atomic E-state index is 14.2. The molecule has 4 N–H and O–H groups in total. The predicted molar refractivity (Wildman–Crippen MR) is 149 cm³/mol. The summed E-state index contributed by atoms with van der Waals surface area (Å²) in [7, 11) is 6.86. The molecule has 0 aromatic heterocycles. The van der Waals surface area contributed by atoms with Crippen molar-refractivity contribution in [2.24, 2.45) is 29.4 Å². The summed E-state index contributed by atoms with van der Waals surface area (Å²) in [5.41, 5.74) is 4.68. The van der Waals surface area contributed by atoms with E-state index < -0.39 is 64.4 Å². The van der Waals surface area contributed by atoms with Crippen LogP contribution in [0.15, 0.2) is 6.07 Å². The SMILES string of the molecule is CN(C)c1cc(CN2CCCCCC2)c(O)c2c1C[C@H]1C[C@H]3[C@H](N(C)C)C(=O)C(C(N)=O)C(=O)[C@@]3(O)C(=O)C1C2=O. The molecule has 222 valence electrons. The van der Waals surface area contributed by atoms with E-state index in [1.54, 1.807) is 14.1 Å². The quantitative estimate of drug-likeness (QED) is 0.422. The van der Waals surface area contributed by atoms with E-state index in [4.69, 9.17) is 5.73 Å². The van der Waals surface area contributed by atoms with E-state index in [9.17, 15) is 34.2 Å². The molecule has 0 radical (unpaired) electrons. The number of aromatic hydroxyl groups is 1. The molecule has 2 saturated carbocycles. The highest BCUT2D eigenvalue weighted by Crippen LogP contribution is 2.52. The van der Waals surface area contributed by atoms with Crippen molar-refractivity contribution >= 4 is 34.7 Å². The van der Waals surface area contributed by atoms with E-state index in [0.717, 1.165) is 44.5 Å². The Kier molecular flexibility index (Phi) is 7.59. The molecule has 0 spiro atoms. The van der Waals surface area contributed by atoms with E-state index >= 15 is 0 Å². The van der Waals surface area contributed by atoms with Crippen LogP contribution in [-0.4, -0.2) is 102 Å². The van der Waals surface area contributed by atoms with Crippen LogP contribution in [0.3, 0.4) is 0 Å². The number of aliphatic hydroxyl groups is 1. The molecule has 11 heteroatoms. The number of amides is 1. The lowest BCUT2D eigenvalue weighted by molar-refractivity contribution is -0.181. The topological polar surface area (TPSA) is 162 Å². The van der Waals surface area contributed by atoms with E-state index in [2.05, 4.69) is 4.90 Å². The number of primary amides is 1. The molecule has 11 nitrogen and oxygen atoms in total. The minimum Gasteiger partial charge on any atom is -0.507 e. The summed E-state index contributed by atoms with van der Waals surface area (Å²) >= 11 is 0. The van der Waals surface area contributed by atoms with Crippen molar-refractivity contribution in [1.82, 2.24) is 9.80 Å². The summed E-state index contributed by atoms with van der Waals surface area (Å²) in [6.45, 7) is 2.22. The Morgan fingerprint density at radius 2 is 1.68 bits per heavy atom. The van der Waals surface area contributed by atoms with Gasteiger partial charge in [-0.1, -0.05) is 12.8 Å². The Morgan fingerprint density at radius 1 is 1.05 bits per heavy atom. The first-order valence-electron chi connectivity index (χ1n) is 14.4. The molecule has 1 aromatic rings. The molecule has 3 aliphatic carbocycles. The van der Waals surface area contributed by atoms with Crippen molar-refractivity contribution in [1.29, 1.82) is 0 Å². The van der Waals surface area contributed by atoms with Gasteiger partial charge in [0.05, 0.1) is 17.5 Å². The number of carbonyl (C=O) groups excluding carboxylic acids is 5. The lowest BCUT2D eigenvalue weighted by Crippen LogP contribution is -2.74. The van der Waals surface area contributed by atoms with Crippen LogP contribution >= 0.6 is 0 Å². The van der Waals surface area contributed by atoms with Crippen LogP contribution in [0.2, 0.25) is 0 Å². The van der Waals surface area contributed by atoms with Gasteiger partial charge in [-0.25, -0.2) is 0 Å². The molecule has 41 heavy (non-hydrogen) atoms. The van der Waals surface area contributed by atoms with Gasteiger partial charge in [-0.3, -0.25) is 33.8 Å². The van der Waals surface area contributed by atoms with Crippen LogP contribution in [0.5, 0.6) is 5.75 Å². The highest BCUT2D eigenvalue weighted by atomic mass is 16.3. The highest BCUT2D eigenvalue weighted by molar-refractivity contribution is 6.32. The number of Topliss-reactive ketones (excluding diaryl/α,β-unsaturated/α-hetero) is 4. The number of anilines is 1. The number of nitrogens with two attached hydrogens (primary N) is 1. The minimum absolute atomic E-state index is 0.0348. The number of ketones is 4. The van der Waals surface area contributed by atoms with Crippen molar-refractivity contribution in [3.05, 3.63) is 22.8 Å². The van der Waals surface area contributed by atoms with Crippen molar-refractivity contribution in [3.63, 3.8) is 0 Å². The van der Waals surface area contributed by atoms with Crippen molar-refractivity contribution in [2.75, 3.05) is 46.2 Å². The predicted octanol–water partition coefficient (Wildman–Crippen LogP) is 0.309. The van der Waals surface area contributed by atoms with Gasteiger partial charge in [0.2, 0.25) is 5.91 Å². The summed E-state index contributed by atoms with van der Waals surface area (Å²) in [6.07, 6.45) is 4.70. The van der Waals surface area contributed by atoms with Crippen molar-refractivity contribution < 1.29 is 34.2 Å². The monoisotopic (exact) mass is 568 g/mol. The maximum Gasteiger partial charge on any atom is 0.235 e. The number of rotatable bonds is 5. The van der Waals surface area contributed by atoms with Crippen LogP contribution in [0.4, 0.5) is 5.69 Å². The molecule has 1 amide bonds. The van der Waals surface area contributed by atoms with Crippen LogP contribution in [0, 0.1) is 23.7 Å². The fourth-order valence-corrected chi connectivity index (χ4v) is 7.76. The summed E-state index contributed by atoms with van der Waals surface area (Å²) < 4.78 is 0. The zero-order valence-corrected chi connectivity index (χ0v) is 24.2. The molecule has 3 fully saturated rings. The molecule has 2 unspecified atom stereocenters. The molecule has 6 atom stereocenters. The largest absolute Gasteiger partial charge is 0.507 e.